The Bertz CT molecular complexity index is 214. The number of methoxy groups -OCH3 is 1. The minimum absolute atomic E-state index is 0. The molecule has 18 heavy (non-hydrogen) atoms. The van der Waals surface area contributed by atoms with E-state index in [-0.39, 0.29) is 24.0 Å². The number of aliphatic imine (C=N–C) groups is 1. The van der Waals surface area contributed by atoms with E-state index in [9.17, 15) is 0 Å². The van der Waals surface area contributed by atoms with Crippen molar-refractivity contribution in [3.63, 3.8) is 0 Å². The van der Waals surface area contributed by atoms with Crippen molar-refractivity contribution in [3.05, 3.63) is 0 Å². The maximum Gasteiger partial charge on any atom is 0.191 e. The van der Waals surface area contributed by atoms with Crippen LogP contribution < -0.4 is 10.6 Å². The summed E-state index contributed by atoms with van der Waals surface area (Å²) >= 11 is 0. The Hall–Kier alpha value is -0.0800. The van der Waals surface area contributed by atoms with Crippen molar-refractivity contribution in [2.75, 3.05) is 47.4 Å². The van der Waals surface area contributed by atoms with E-state index in [1.54, 1.807) is 14.2 Å². The lowest BCUT2D eigenvalue weighted by Crippen LogP contribution is -2.43. The number of ether oxygens (including phenoxy) is 1. The van der Waals surface area contributed by atoms with Gasteiger partial charge in [0.2, 0.25) is 0 Å². The van der Waals surface area contributed by atoms with E-state index in [1.165, 1.54) is 6.42 Å². The summed E-state index contributed by atoms with van der Waals surface area (Å²) in [6.45, 7) is 7.82. The molecule has 6 heteroatoms. The average molecular weight is 372 g/mol. The molecule has 0 bridgehead atoms. The zero-order valence-corrected chi connectivity index (χ0v) is 14.7. The van der Waals surface area contributed by atoms with Crippen LogP contribution in [0.4, 0.5) is 0 Å². The lowest BCUT2D eigenvalue weighted by molar-refractivity contribution is 0.203. The monoisotopic (exact) mass is 372 g/mol. The molecule has 0 aliphatic carbocycles. The van der Waals surface area contributed by atoms with E-state index in [0.717, 1.165) is 25.6 Å². The molecule has 0 aliphatic rings. The van der Waals surface area contributed by atoms with Crippen LogP contribution in [0.1, 0.15) is 20.3 Å². The molecule has 0 radical (unpaired) electrons. The number of hydrogen-bond donors (Lipinski definition) is 2. The number of guanidine groups is 1. The predicted octanol–water partition coefficient (Wildman–Crippen LogP) is 1.15. The first-order chi connectivity index (χ1) is 8.15. The van der Waals surface area contributed by atoms with Gasteiger partial charge in [0.15, 0.2) is 5.96 Å². The largest absolute Gasteiger partial charge is 0.383 e. The first-order valence-corrected chi connectivity index (χ1v) is 6.29. The van der Waals surface area contributed by atoms with E-state index < -0.39 is 0 Å². The summed E-state index contributed by atoms with van der Waals surface area (Å²) in [5.41, 5.74) is 0. The van der Waals surface area contributed by atoms with Gasteiger partial charge < -0.3 is 20.3 Å². The highest BCUT2D eigenvalue weighted by atomic mass is 127. The highest BCUT2D eigenvalue weighted by molar-refractivity contribution is 14.0. The normalized spacial score (nSPS) is 13.1. The molecule has 0 heterocycles. The summed E-state index contributed by atoms with van der Waals surface area (Å²) in [6, 6.07) is 0.625. The molecule has 1 atom stereocenters. The molecule has 0 aromatic heterocycles. The van der Waals surface area contributed by atoms with Crippen molar-refractivity contribution in [2.45, 2.75) is 26.3 Å². The topological polar surface area (TPSA) is 48.9 Å². The second-order valence-electron chi connectivity index (χ2n) is 4.16. The fourth-order valence-electron chi connectivity index (χ4n) is 1.37. The first-order valence-electron chi connectivity index (χ1n) is 6.29. The van der Waals surface area contributed by atoms with E-state index >= 15 is 0 Å². The fourth-order valence-corrected chi connectivity index (χ4v) is 1.37. The van der Waals surface area contributed by atoms with Crippen LogP contribution in [0.15, 0.2) is 4.99 Å². The van der Waals surface area contributed by atoms with Crippen molar-refractivity contribution in [1.82, 2.24) is 15.5 Å². The van der Waals surface area contributed by atoms with Gasteiger partial charge in [0.1, 0.15) is 0 Å². The molecular formula is C12H29IN4O. The Kier molecular flexibility index (Phi) is 15.0. The van der Waals surface area contributed by atoms with Gasteiger partial charge in [0, 0.05) is 39.8 Å². The third-order valence-corrected chi connectivity index (χ3v) is 2.92. The minimum Gasteiger partial charge on any atom is -0.383 e. The highest BCUT2D eigenvalue weighted by Gasteiger charge is 2.05. The second-order valence-corrected chi connectivity index (χ2v) is 4.16. The first kappa shape index (κ1) is 20.2. The molecule has 5 nitrogen and oxygen atoms in total. The summed E-state index contributed by atoms with van der Waals surface area (Å²) in [7, 11) is 5.62. The molecule has 0 aromatic carbocycles. The summed E-state index contributed by atoms with van der Waals surface area (Å²) in [6.07, 6.45) is 1.18. The number of likely N-dealkylation sites (N-methyl/N-ethyl adjacent to an activating group) is 1. The number of halogens is 1. The molecule has 0 rings (SSSR count). The van der Waals surface area contributed by atoms with Gasteiger partial charge in [-0.3, -0.25) is 4.99 Å². The van der Waals surface area contributed by atoms with Crippen molar-refractivity contribution >= 4 is 29.9 Å². The Morgan fingerprint density at radius 2 is 1.94 bits per heavy atom. The highest BCUT2D eigenvalue weighted by Crippen LogP contribution is 1.97. The second kappa shape index (κ2) is 13.4. The maximum absolute atomic E-state index is 4.97. The maximum atomic E-state index is 4.97. The Labute approximate surface area is 129 Å². The van der Waals surface area contributed by atoms with Crippen LogP contribution in [-0.4, -0.2) is 64.3 Å². The molecule has 0 amide bonds. The molecule has 0 aromatic rings. The fraction of sp³-hybridized carbons (Fsp3) is 0.917. The van der Waals surface area contributed by atoms with Crippen LogP contribution in [0.3, 0.4) is 0 Å². The van der Waals surface area contributed by atoms with E-state index in [2.05, 4.69) is 41.4 Å². The van der Waals surface area contributed by atoms with E-state index in [4.69, 9.17) is 4.74 Å². The number of hydrogen-bond acceptors (Lipinski definition) is 3. The lowest BCUT2D eigenvalue weighted by Gasteiger charge is -2.23. The van der Waals surface area contributed by atoms with Gasteiger partial charge in [0.05, 0.1) is 6.61 Å². The van der Waals surface area contributed by atoms with E-state index in [1.807, 2.05) is 0 Å². The van der Waals surface area contributed by atoms with Crippen LogP contribution in [0.5, 0.6) is 0 Å². The zero-order chi connectivity index (χ0) is 13.1. The Balaban J connectivity index is 0. The van der Waals surface area contributed by atoms with Gasteiger partial charge in [-0.05, 0) is 20.4 Å². The zero-order valence-electron chi connectivity index (χ0n) is 12.3. The van der Waals surface area contributed by atoms with Crippen molar-refractivity contribution in [3.8, 4) is 0 Å². The molecule has 2 N–H and O–H groups in total. The Morgan fingerprint density at radius 1 is 1.33 bits per heavy atom. The summed E-state index contributed by atoms with van der Waals surface area (Å²) in [5, 5.41) is 6.46. The molecule has 0 fully saturated rings. The molecule has 0 saturated heterocycles. The number of nitrogens with one attached hydrogen (secondary N) is 2. The number of rotatable bonds is 8. The third-order valence-electron chi connectivity index (χ3n) is 2.92. The molecule has 110 valence electrons. The average Bonchev–Trinajstić information content (AvgIpc) is 2.35. The Morgan fingerprint density at radius 3 is 2.44 bits per heavy atom. The molecular weight excluding hydrogens is 343 g/mol. The molecule has 1 unspecified atom stereocenters. The van der Waals surface area contributed by atoms with Crippen molar-refractivity contribution in [2.24, 2.45) is 4.99 Å². The lowest BCUT2D eigenvalue weighted by atomic mass is 10.2. The SMILES string of the molecule is CCC(C)N(C)CCNC(=NC)NCCOC.I. The smallest absolute Gasteiger partial charge is 0.191 e. The van der Waals surface area contributed by atoms with Gasteiger partial charge >= 0.3 is 0 Å². The van der Waals surface area contributed by atoms with Crippen LogP contribution in [0, 0.1) is 0 Å². The van der Waals surface area contributed by atoms with Gasteiger partial charge in [-0.25, -0.2) is 0 Å². The molecule has 0 saturated carbocycles. The third kappa shape index (κ3) is 9.90. The van der Waals surface area contributed by atoms with Gasteiger partial charge in [-0.15, -0.1) is 24.0 Å². The minimum atomic E-state index is 0. The van der Waals surface area contributed by atoms with Crippen molar-refractivity contribution in [1.29, 1.82) is 0 Å². The van der Waals surface area contributed by atoms with Crippen LogP contribution in [-0.2, 0) is 4.74 Å². The standard InChI is InChI=1S/C12H28N4O.HI/c1-6-11(2)16(4)9-7-14-12(13-3)15-8-10-17-5;/h11H,6-10H2,1-5H3,(H2,13,14,15);1H. The molecule has 0 spiro atoms. The van der Waals surface area contributed by atoms with Gasteiger partial charge in [-0.1, -0.05) is 6.92 Å². The quantitative estimate of drug-likeness (QED) is 0.291. The van der Waals surface area contributed by atoms with Gasteiger partial charge in [0.25, 0.3) is 0 Å². The summed E-state index contributed by atoms with van der Waals surface area (Å²) in [5.74, 6) is 0.833. The van der Waals surface area contributed by atoms with Crippen LogP contribution in [0.25, 0.3) is 0 Å². The summed E-state index contributed by atoms with van der Waals surface area (Å²) < 4.78 is 4.97. The van der Waals surface area contributed by atoms with Crippen molar-refractivity contribution < 1.29 is 4.74 Å². The van der Waals surface area contributed by atoms with Gasteiger partial charge in [-0.2, -0.15) is 0 Å². The van der Waals surface area contributed by atoms with Crippen LogP contribution >= 0.6 is 24.0 Å². The predicted molar refractivity (Wildman–Crippen MR) is 89.0 cm³/mol. The number of nitrogens with zero attached hydrogens (tertiary/aromatic N) is 2. The molecule has 0 aliphatic heterocycles. The van der Waals surface area contributed by atoms with E-state index in [0.29, 0.717) is 12.6 Å². The van der Waals surface area contributed by atoms with Crippen LogP contribution in [0.2, 0.25) is 0 Å². The summed E-state index contributed by atoms with van der Waals surface area (Å²) in [4.78, 5) is 6.48.